The molecule has 0 aliphatic carbocycles. The zero-order valence-electron chi connectivity index (χ0n) is 9.26. The fraction of sp³-hybridized carbons (Fsp3) is 0.800. The summed E-state index contributed by atoms with van der Waals surface area (Å²) >= 11 is 0. The Morgan fingerprint density at radius 1 is 1.53 bits per heavy atom. The normalized spacial score (nSPS) is 24.9. The SMILES string of the molecule is CCC1(C(=O)NCC(=O)OC)CCCN1. The standard InChI is InChI=1S/C10H18N2O3/c1-3-10(5-4-6-12-10)9(14)11-7-8(13)15-2/h12H,3-7H2,1-2H3,(H,11,14). The van der Waals surface area contributed by atoms with E-state index in [-0.39, 0.29) is 12.5 Å². The van der Waals surface area contributed by atoms with Crippen molar-refractivity contribution in [3.05, 3.63) is 0 Å². The molecule has 5 nitrogen and oxygen atoms in total. The number of methoxy groups -OCH3 is 1. The first-order valence-corrected chi connectivity index (χ1v) is 5.25. The van der Waals surface area contributed by atoms with Crippen LogP contribution < -0.4 is 10.6 Å². The molecule has 1 heterocycles. The maximum Gasteiger partial charge on any atom is 0.325 e. The minimum atomic E-state index is -0.478. The van der Waals surface area contributed by atoms with Crippen molar-refractivity contribution in [2.45, 2.75) is 31.7 Å². The van der Waals surface area contributed by atoms with Crippen molar-refractivity contribution in [3.8, 4) is 0 Å². The fourth-order valence-electron chi connectivity index (χ4n) is 1.86. The molecule has 5 heteroatoms. The van der Waals surface area contributed by atoms with E-state index in [0.717, 1.165) is 25.8 Å². The van der Waals surface area contributed by atoms with Crippen LogP contribution in [0.1, 0.15) is 26.2 Å². The number of hydrogen-bond donors (Lipinski definition) is 2. The highest BCUT2D eigenvalue weighted by Crippen LogP contribution is 2.22. The summed E-state index contributed by atoms with van der Waals surface area (Å²) in [6.45, 7) is 2.77. The summed E-state index contributed by atoms with van der Waals surface area (Å²) in [6, 6.07) is 0. The van der Waals surface area contributed by atoms with Gasteiger partial charge in [-0.2, -0.15) is 0 Å². The third-order valence-electron chi connectivity index (χ3n) is 2.90. The van der Waals surface area contributed by atoms with Crippen LogP contribution in [0, 0.1) is 0 Å². The van der Waals surface area contributed by atoms with Gasteiger partial charge in [-0.15, -0.1) is 0 Å². The summed E-state index contributed by atoms with van der Waals surface area (Å²) in [6.07, 6.45) is 2.57. The van der Waals surface area contributed by atoms with Crippen LogP contribution in [0.25, 0.3) is 0 Å². The Bertz CT molecular complexity index is 247. The number of nitrogens with one attached hydrogen (secondary N) is 2. The van der Waals surface area contributed by atoms with Gasteiger partial charge >= 0.3 is 5.97 Å². The lowest BCUT2D eigenvalue weighted by atomic mass is 9.93. The first kappa shape index (κ1) is 12.0. The molecule has 0 saturated carbocycles. The molecule has 1 rings (SSSR count). The summed E-state index contributed by atoms with van der Waals surface area (Å²) in [7, 11) is 1.30. The molecule has 0 radical (unpaired) electrons. The molecule has 0 aromatic carbocycles. The second kappa shape index (κ2) is 5.11. The minimum Gasteiger partial charge on any atom is -0.468 e. The predicted molar refractivity (Wildman–Crippen MR) is 55.3 cm³/mol. The second-order valence-electron chi connectivity index (χ2n) is 3.72. The number of carbonyl (C=O) groups is 2. The van der Waals surface area contributed by atoms with E-state index in [9.17, 15) is 9.59 Å². The molecule has 1 fully saturated rings. The third kappa shape index (κ3) is 2.68. The van der Waals surface area contributed by atoms with Gasteiger partial charge in [0.2, 0.25) is 5.91 Å². The van der Waals surface area contributed by atoms with Crippen molar-refractivity contribution in [2.24, 2.45) is 0 Å². The number of ether oxygens (including phenoxy) is 1. The van der Waals surface area contributed by atoms with Gasteiger partial charge in [0.1, 0.15) is 6.54 Å². The first-order chi connectivity index (χ1) is 7.14. The van der Waals surface area contributed by atoms with Crippen LogP contribution >= 0.6 is 0 Å². The molecule has 1 aliphatic rings. The average molecular weight is 214 g/mol. The van der Waals surface area contributed by atoms with E-state index in [4.69, 9.17) is 0 Å². The van der Waals surface area contributed by atoms with E-state index in [1.165, 1.54) is 7.11 Å². The molecule has 1 unspecified atom stereocenters. The number of carbonyl (C=O) groups excluding carboxylic acids is 2. The first-order valence-electron chi connectivity index (χ1n) is 5.25. The molecule has 0 aromatic rings. The summed E-state index contributed by atoms with van der Waals surface area (Å²) in [4.78, 5) is 22.7. The second-order valence-corrected chi connectivity index (χ2v) is 3.72. The highest BCUT2D eigenvalue weighted by atomic mass is 16.5. The van der Waals surface area contributed by atoms with Gasteiger partial charge in [-0.3, -0.25) is 9.59 Å². The van der Waals surface area contributed by atoms with Crippen molar-refractivity contribution in [1.82, 2.24) is 10.6 Å². The quantitative estimate of drug-likeness (QED) is 0.636. The Morgan fingerprint density at radius 3 is 2.73 bits per heavy atom. The molecule has 0 aromatic heterocycles. The molecule has 1 aliphatic heterocycles. The van der Waals surface area contributed by atoms with Crippen LogP contribution in [0.5, 0.6) is 0 Å². The van der Waals surface area contributed by atoms with Crippen LogP contribution in [0.3, 0.4) is 0 Å². The Morgan fingerprint density at radius 2 is 2.27 bits per heavy atom. The van der Waals surface area contributed by atoms with Gasteiger partial charge in [-0.1, -0.05) is 6.92 Å². The van der Waals surface area contributed by atoms with Crippen molar-refractivity contribution in [2.75, 3.05) is 20.2 Å². The molecule has 15 heavy (non-hydrogen) atoms. The molecular formula is C10H18N2O3. The van der Waals surface area contributed by atoms with Crippen molar-refractivity contribution < 1.29 is 14.3 Å². The average Bonchev–Trinajstić information content (AvgIpc) is 2.75. The van der Waals surface area contributed by atoms with E-state index in [1.54, 1.807) is 0 Å². The molecule has 0 spiro atoms. The monoisotopic (exact) mass is 214 g/mol. The number of rotatable bonds is 4. The molecule has 2 N–H and O–H groups in total. The van der Waals surface area contributed by atoms with Crippen LogP contribution in [0.15, 0.2) is 0 Å². The van der Waals surface area contributed by atoms with Crippen LogP contribution in [0.2, 0.25) is 0 Å². The lowest BCUT2D eigenvalue weighted by molar-refractivity contribution is -0.142. The highest BCUT2D eigenvalue weighted by Gasteiger charge is 2.38. The van der Waals surface area contributed by atoms with Gasteiger partial charge in [0.15, 0.2) is 0 Å². The van der Waals surface area contributed by atoms with Crippen molar-refractivity contribution in [3.63, 3.8) is 0 Å². The summed E-state index contributed by atoms with van der Waals surface area (Å²) in [5, 5.41) is 5.79. The summed E-state index contributed by atoms with van der Waals surface area (Å²) in [5.41, 5.74) is -0.478. The molecule has 86 valence electrons. The summed E-state index contributed by atoms with van der Waals surface area (Å²) < 4.78 is 4.46. The Balaban J connectivity index is 2.47. The van der Waals surface area contributed by atoms with Gasteiger partial charge in [-0.05, 0) is 25.8 Å². The van der Waals surface area contributed by atoms with E-state index in [1.807, 2.05) is 6.92 Å². The molecule has 1 amide bonds. The zero-order valence-corrected chi connectivity index (χ0v) is 9.26. The smallest absolute Gasteiger partial charge is 0.325 e. The minimum absolute atomic E-state index is 0.0568. The van der Waals surface area contributed by atoms with Gasteiger partial charge in [0.25, 0.3) is 0 Å². The maximum absolute atomic E-state index is 11.8. The van der Waals surface area contributed by atoms with Crippen molar-refractivity contribution >= 4 is 11.9 Å². The molecule has 1 saturated heterocycles. The van der Waals surface area contributed by atoms with Crippen LogP contribution in [0.4, 0.5) is 0 Å². The maximum atomic E-state index is 11.8. The van der Waals surface area contributed by atoms with Gasteiger partial charge in [0, 0.05) is 0 Å². The largest absolute Gasteiger partial charge is 0.468 e. The van der Waals surface area contributed by atoms with Gasteiger partial charge < -0.3 is 15.4 Å². The number of esters is 1. The van der Waals surface area contributed by atoms with E-state index in [2.05, 4.69) is 15.4 Å². The topological polar surface area (TPSA) is 67.4 Å². The number of hydrogen-bond acceptors (Lipinski definition) is 4. The summed E-state index contributed by atoms with van der Waals surface area (Å²) in [5.74, 6) is -0.527. The van der Waals surface area contributed by atoms with E-state index < -0.39 is 11.5 Å². The van der Waals surface area contributed by atoms with Gasteiger partial charge in [0.05, 0.1) is 12.6 Å². The fourth-order valence-corrected chi connectivity index (χ4v) is 1.86. The lowest BCUT2D eigenvalue weighted by Crippen LogP contribution is -2.54. The lowest BCUT2D eigenvalue weighted by Gasteiger charge is -2.26. The molecular weight excluding hydrogens is 196 g/mol. The van der Waals surface area contributed by atoms with Gasteiger partial charge in [-0.25, -0.2) is 0 Å². The predicted octanol–water partition coefficient (Wildman–Crippen LogP) is -0.192. The molecule has 1 atom stereocenters. The Labute approximate surface area is 89.6 Å². The number of amides is 1. The van der Waals surface area contributed by atoms with Crippen molar-refractivity contribution in [1.29, 1.82) is 0 Å². The molecule has 0 bridgehead atoms. The van der Waals surface area contributed by atoms with E-state index >= 15 is 0 Å². The highest BCUT2D eigenvalue weighted by molar-refractivity contribution is 5.89. The third-order valence-corrected chi connectivity index (χ3v) is 2.90. The van der Waals surface area contributed by atoms with E-state index in [0.29, 0.717) is 0 Å². The Kier molecular flexibility index (Phi) is 4.08. The Hall–Kier alpha value is -1.10. The van der Waals surface area contributed by atoms with Crippen LogP contribution in [-0.4, -0.2) is 37.6 Å². The zero-order chi connectivity index (χ0) is 11.3. The van der Waals surface area contributed by atoms with Crippen LogP contribution in [-0.2, 0) is 14.3 Å².